The van der Waals surface area contributed by atoms with Crippen LogP contribution in [-0.4, -0.2) is 50.7 Å². The second-order valence-corrected chi connectivity index (χ2v) is 11.2. The first-order valence-electron chi connectivity index (χ1n) is 11.2. The van der Waals surface area contributed by atoms with Crippen LogP contribution in [0.15, 0.2) is 52.3 Å². The van der Waals surface area contributed by atoms with Crippen LogP contribution in [0.1, 0.15) is 39.5 Å². The summed E-state index contributed by atoms with van der Waals surface area (Å²) in [4.78, 5) is 13.9. The molecule has 0 radical (unpaired) electrons. The van der Waals surface area contributed by atoms with E-state index < -0.39 is 10.0 Å². The molecule has 7 nitrogen and oxygen atoms in total. The fraction of sp³-hybridized carbons (Fsp3) is 0.458. The molecule has 180 valence electrons. The molecule has 0 aliphatic carbocycles. The Morgan fingerprint density at radius 2 is 1.79 bits per heavy atom. The van der Waals surface area contributed by atoms with Crippen LogP contribution in [0.5, 0.6) is 11.5 Å². The summed E-state index contributed by atoms with van der Waals surface area (Å²) in [5, 5.41) is 2.86. The zero-order valence-electron chi connectivity index (χ0n) is 19.4. The van der Waals surface area contributed by atoms with E-state index in [2.05, 4.69) is 5.32 Å². The average molecular weight is 493 g/mol. The zero-order valence-corrected chi connectivity index (χ0v) is 21.0. The molecule has 1 fully saturated rings. The molecule has 0 aromatic heterocycles. The molecule has 1 N–H and O–H groups in total. The first kappa shape index (κ1) is 25.4. The van der Waals surface area contributed by atoms with Gasteiger partial charge in [0, 0.05) is 30.2 Å². The summed E-state index contributed by atoms with van der Waals surface area (Å²) in [6.45, 7) is 4.82. The molecule has 33 heavy (non-hydrogen) atoms. The number of anilines is 1. The third-order valence-corrected chi connectivity index (χ3v) is 8.11. The second kappa shape index (κ2) is 11.8. The van der Waals surface area contributed by atoms with Crippen LogP contribution in [0.25, 0.3) is 0 Å². The van der Waals surface area contributed by atoms with Crippen molar-refractivity contribution in [3.63, 3.8) is 0 Å². The zero-order chi connectivity index (χ0) is 23.8. The molecule has 1 amide bonds. The van der Waals surface area contributed by atoms with Gasteiger partial charge in [0.2, 0.25) is 15.9 Å². The summed E-state index contributed by atoms with van der Waals surface area (Å²) in [7, 11) is -1.99. The van der Waals surface area contributed by atoms with E-state index in [1.807, 2.05) is 38.1 Å². The monoisotopic (exact) mass is 492 g/mol. The van der Waals surface area contributed by atoms with E-state index in [-0.39, 0.29) is 23.3 Å². The van der Waals surface area contributed by atoms with Gasteiger partial charge in [0.05, 0.1) is 23.8 Å². The van der Waals surface area contributed by atoms with Crippen LogP contribution in [0.2, 0.25) is 0 Å². The maximum absolute atomic E-state index is 13.1. The molecular weight excluding hydrogens is 460 g/mol. The SMILES string of the molecule is COc1ccc(SCCC(=O)Nc2cc(S(=O)(=O)N3CCCCC3)ccc2OC(C)C)cc1. The van der Waals surface area contributed by atoms with Gasteiger partial charge in [0.25, 0.3) is 0 Å². The number of hydrogen-bond donors (Lipinski definition) is 1. The third-order valence-electron chi connectivity index (χ3n) is 5.20. The molecule has 1 aliphatic heterocycles. The van der Waals surface area contributed by atoms with Crippen molar-refractivity contribution >= 4 is 33.4 Å². The summed E-state index contributed by atoms with van der Waals surface area (Å²) in [5.74, 6) is 1.63. The van der Waals surface area contributed by atoms with E-state index in [4.69, 9.17) is 9.47 Å². The Morgan fingerprint density at radius 3 is 2.42 bits per heavy atom. The third kappa shape index (κ3) is 7.12. The highest BCUT2D eigenvalue weighted by Gasteiger charge is 2.27. The van der Waals surface area contributed by atoms with Gasteiger partial charge in [-0.1, -0.05) is 6.42 Å². The van der Waals surface area contributed by atoms with Gasteiger partial charge < -0.3 is 14.8 Å². The summed E-state index contributed by atoms with van der Waals surface area (Å²) in [6.07, 6.45) is 2.94. The van der Waals surface area contributed by atoms with Gasteiger partial charge in [-0.05, 0) is 69.2 Å². The van der Waals surface area contributed by atoms with Crippen LogP contribution in [-0.2, 0) is 14.8 Å². The minimum absolute atomic E-state index is 0.115. The quantitative estimate of drug-likeness (QED) is 0.481. The van der Waals surface area contributed by atoms with E-state index in [1.54, 1.807) is 31.0 Å². The number of methoxy groups -OCH3 is 1. The smallest absolute Gasteiger partial charge is 0.243 e. The Bertz CT molecular complexity index is 1030. The Kier molecular flexibility index (Phi) is 9.05. The van der Waals surface area contributed by atoms with Crippen molar-refractivity contribution in [2.45, 2.75) is 55.4 Å². The summed E-state index contributed by atoms with van der Waals surface area (Å²) < 4.78 is 38.7. The lowest BCUT2D eigenvalue weighted by atomic mass is 10.2. The van der Waals surface area contributed by atoms with Crippen LogP contribution in [0, 0.1) is 0 Å². The normalized spacial score (nSPS) is 14.8. The highest BCUT2D eigenvalue weighted by Crippen LogP contribution is 2.31. The largest absolute Gasteiger partial charge is 0.497 e. The Hall–Kier alpha value is -2.23. The first-order chi connectivity index (χ1) is 15.8. The number of nitrogens with zero attached hydrogens (tertiary/aromatic N) is 1. The van der Waals surface area contributed by atoms with Gasteiger partial charge >= 0.3 is 0 Å². The van der Waals surface area contributed by atoms with Gasteiger partial charge in [0.15, 0.2) is 0 Å². The van der Waals surface area contributed by atoms with Crippen LogP contribution < -0.4 is 14.8 Å². The van der Waals surface area contributed by atoms with Gasteiger partial charge in [-0.25, -0.2) is 8.42 Å². The molecule has 1 saturated heterocycles. The van der Waals surface area contributed by atoms with Crippen molar-refractivity contribution < 1.29 is 22.7 Å². The molecule has 0 spiro atoms. The van der Waals surface area contributed by atoms with Crippen molar-refractivity contribution in [1.29, 1.82) is 0 Å². The number of carbonyl (C=O) groups excluding carboxylic acids is 1. The van der Waals surface area contributed by atoms with Crippen molar-refractivity contribution in [2.75, 3.05) is 31.3 Å². The molecule has 0 bridgehead atoms. The fourth-order valence-electron chi connectivity index (χ4n) is 3.52. The summed E-state index contributed by atoms with van der Waals surface area (Å²) in [5.41, 5.74) is 0.376. The van der Waals surface area contributed by atoms with Gasteiger partial charge in [-0.3, -0.25) is 4.79 Å². The Labute approximate surface area is 200 Å². The van der Waals surface area contributed by atoms with Crippen LogP contribution in [0.4, 0.5) is 5.69 Å². The summed E-state index contributed by atoms with van der Waals surface area (Å²) >= 11 is 1.57. The lowest BCUT2D eigenvalue weighted by Crippen LogP contribution is -2.35. The number of amides is 1. The standard InChI is InChI=1S/C24H32N2O5S2/c1-18(2)31-23-12-11-21(33(28,29)26-14-5-4-6-15-26)17-22(23)25-24(27)13-16-32-20-9-7-19(30-3)8-10-20/h7-12,17-18H,4-6,13-16H2,1-3H3,(H,25,27). The minimum Gasteiger partial charge on any atom is -0.497 e. The lowest BCUT2D eigenvalue weighted by molar-refractivity contribution is -0.115. The molecule has 0 saturated carbocycles. The number of carbonyl (C=O) groups is 1. The van der Waals surface area contributed by atoms with E-state index in [0.717, 1.165) is 29.9 Å². The molecule has 0 unspecified atom stereocenters. The number of benzene rings is 2. The number of hydrogen-bond acceptors (Lipinski definition) is 6. The number of rotatable bonds is 10. The second-order valence-electron chi connectivity index (χ2n) is 8.11. The van der Waals surface area contributed by atoms with Gasteiger partial charge in [-0.15, -0.1) is 11.8 Å². The molecule has 2 aromatic carbocycles. The van der Waals surface area contributed by atoms with Crippen molar-refractivity contribution in [2.24, 2.45) is 0 Å². The minimum atomic E-state index is -3.61. The predicted octanol–water partition coefficient (Wildman–Crippen LogP) is 4.78. The number of sulfonamides is 1. The molecule has 1 aliphatic rings. The average Bonchev–Trinajstić information content (AvgIpc) is 2.81. The highest BCUT2D eigenvalue weighted by molar-refractivity contribution is 7.99. The first-order valence-corrected chi connectivity index (χ1v) is 13.6. The van der Waals surface area contributed by atoms with Crippen molar-refractivity contribution in [3.8, 4) is 11.5 Å². The molecule has 9 heteroatoms. The van der Waals surface area contributed by atoms with Crippen LogP contribution in [0.3, 0.4) is 0 Å². The van der Waals surface area contributed by atoms with E-state index in [0.29, 0.717) is 30.3 Å². The predicted molar refractivity (Wildman–Crippen MR) is 132 cm³/mol. The fourth-order valence-corrected chi connectivity index (χ4v) is 5.92. The van der Waals surface area contributed by atoms with Gasteiger partial charge in [0.1, 0.15) is 11.5 Å². The Morgan fingerprint density at radius 1 is 1.09 bits per heavy atom. The molecule has 2 aromatic rings. The van der Waals surface area contributed by atoms with Crippen molar-refractivity contribution in [1.82, 2.24) is 4.31 Å². The van der Waals surface area contributed by atoms with Crippen LogP contribution >= 0.6 is 11.8 Å². The molecule has 3 rings (SSSR count). The molecule has 1 heterocycles. The molecule has 0 atom stereocenters. The van der Waals surface area contributed by atoms with E-state index >= 15 is 0 Å². The number of thioether (sulfide) groups is 1. The topological polar surface area (TPSA) is 84.9 Å². The lowest BCUT2D eigenvalue weighted by Gasteiger charge is -2.26. The number of ether oxygens (including phenoxy) is 2. The van der Waals surface area contributed by atoms with E-state index in [9.17, 15) is 13.2 Å². The molecular formula is C24H32N2O5S2. The van der Waals surface area contributed by atoms with E-state index in [1.165, 1.54) is 10.4 Å². The van der Waals surface area contributed by atoms with Crippen molar-refractivity contribution in [3.05, 3.63) is 42.5 Å². The number of piperidine rings is 1. The van der Waals surface area contributed by atoms with Gasteiger partial charge in [-0.2, -0.15) is 4.31 Å². The maximum Gasteiger partial charge on any atom is 0.243 e. The maximum atomic E-state index is 13.1. The Balaban J connectivity index is 1.69. The highest BCUT2D eigenvalue weighted by atomic mass is 32.2. The number of nitrogens with one attached hydrogen (secondary N) is 1. The summed E-state index contributed by atoms with van der Waals surface area (Å²) in [6, 6.07) is 12.3.